The molecule has 1 aromatic heterocycles. The van der Waals surface area contributed by atoms with Gasteiger partial charge in [0.25, 0.3) is 10.0 Å². The highest BCUT2D eigenvalue weighted by Crippen LogP contribution is 2.25. The van der Waals surface area contributed by atoms with E-state index in [2.05, 4.69) is 31.0 Å². The van der Waals surface area contributed by atoms with Crippen LogP contribution in [0.15, 0.2) is 39.1 Å². The zero-order valence-corrected chi connectivity index (χ0v) is 13.5. The summed E-state index contributed by atoms with van der Waals surface area (Å²) in [5.74, 6) is -0.216. The van der Waals surface area contributed by atoms with Crippen molar-refractivity contribution in [2.45, 2.75) is 11.8 Å². The van der Waals surface area contributed by atoms with Crippen molar-refractivity contribution >= 4 is 54.0 Å². The maximum absolute atomic E-state index is 12.1. The molecule has 1 amide bonds. The fourth-order valence-corrected chi connectivity index (χ4v) is 3.74. The summed E-state index contributed by atoms with van der Waals surface area (Å²) in [7, 11) is -3.68. The highest BCUT2D eigenvalue weighted by Gasteiger charge is 2.15. The molecule has 0 radical (unpaired) electrons. The van der Waals surface area contributed by atoms with E-state index in [1.165, 1.54) is 48.7 Å². The van der Waals surface area contributed by atoms with Crippen molar-refractivity contribution in [2.24, 2.45) is 0 Å². The minimum atomic E-state index is -3.68. The lowest BCUT2D eigenvalue weighted by Gasteiger charge is -2.06. The van der Waals surface area contributed by atoms with E-state index in [1.54, 1.807) is 0 Å². The molecule has 0 aliphatic heterocycles. The number of carbonyl (C=O) groups excluding carboxylic acids is 1. The number of benzene rings is 1. The van der Waals surface area contributed by atoms with Crippen molar-refractivity contribution in [3.8, 4) is 0 Å². The highest BCUT2D eigenvalue weighted by atomic mass is 79.9. The number of nitrogens with one attached hydrogen (secondary N) is 2. The number of sulfonamides is 1. The Morgan fingerprint density at radius 2 is 1.95 bits per heavy atom. The molecule has 0 atom stereocenters. The van der Waals surface area contributed by atoms with Gasteiger partial charge in [-0.15, -0.1) is 0 Å². The molecule has 2 rings (SSSR count). The van der Waals surface area contributed by atoms with E-state index in [4.69, 9.17) is 0 Å². The van der Waals surface area contributed by atoms with E-state index >= 15 is 0 Å². The molecule has 20 heavy (non-hydrogen) atoms. The SMILES string of the molecule is CC(=O)Nc1ccc(S(=O)(=O)Nc2ncc(Br)s2)cc1. The number of aromatic nitrogens is 1. The highest BCUT2D eigenvalue weighted by molar-refractivity contribution is 9.11. The molecule has 0 saturated heterocycles. The Bertz CT molecular complexity index is 726. The zero-order valence-electron chi connectivity index (χ0n) is 10.3. The fraction of sp³-hybridized carbons (Fsp3) is 0.0909. The van der Waals surface area contributed by atoms with Gasteiger partial charge in [-0.1, -0.05) is 11.3 Å². The first-order valence-corrected chi connectivity index (χ1v) is 8.48. The van der Waals surface area contributed by atoms with Gasteiger partial charge in [0, 0.05) is 12.6 Å². The first kappa shape index (κ1) is 14.9. The Kier molecular flexibility index (Phi) is 4.41. The molecule has 0 fully saturated rings. The first-order chi connectivity index (χ1) is 9.37. The van der Waals surface area contributed by atoms with Gasteiger partial charge in [-0.2, -0.15) is 0 Å². The summed E-state index contributed by atoms with van der Waals surface area (Å²) < 4.78 is 27.3. The van der Waals surface area contributed by atoms with Crippen molar-refractivity contribution < 1.29 is 13.2 Å². The van der Waals surface area contributed by atoms with Crippen LogP contribution in [0.25, 0.3) is 0 Å². The second-order valence-electron chi connectivity index (χ2n) is 3.78. The molecule has 0 saturated carbocycles. The number of rotatable bonds is 4. The summed E-state index contributed by atoms with van der Waals surface area (Å²) in [5, 5.41) is 2.85. The summed E-state index contributed by atoms with van der Waals surface area (Å²) in [6, 6.07) is 5.87. The fourth-order valence-electron chi connectivity index (χ4n) is 1.40. The van der Waals surface area contributed by atoms with Crippen LogP contribution in [0.3, 0.4) is 0 Å². The minimum absolute atomic E-state index is 0.0953. The smallest absolute Gasteiger partial charge is 0.263 e. The second-order valence-corrected chi connectivity index (χ2v) is 7.87. The van der Waals surface area contributed by atoms with Crippen LogP contribution >= 0.6 is 27.3 Å². The van der Waals surface area contributed by atoms with Crippen molar-refractivity contribution in [1.29, 1.82) is 0 Å². The zero-order chi connectivity index (χ0) is 14.8. The van der Waals surface area contributed by atoms with Crippen LogP contribution in [0, 0.1) is 0 Å². The summed E-state index contributed by atoms with van der Waals surface area (Å²) in [6.07, 6.45) is 1.52. The van der Waals surface area contributed by atoms with Crippen LogP contribution < -0.4 is 10.0 Å². The average molecular weight is 376 g/mol. The van der Waals surface area contributed by atoms with Gasteiger partial charge in [-0.05, 0) is 40.2 Å². The van der Waals surface area contributed by atoms with E-state index in [1.807, 2.05) is 0 Å². The predicted molar refractivity (Wildman–Crippen MR) is 81.4 cm³/mol. The van der Waals surface area contributed by atoms with Gasteiger partial charge in [-0.25, -0.2) is 13.4 Å². The number of anilines is 2. The average Bonchev–Trinajstić information content (AvgIpc) is 2.74. The van der Waals surface area contributed by atoms with Crippen molar-refractivity contribution in [2.75, 3.05) is 10.0 Å². The number of carbonyl (C=O) groups is 1. The number of thiazole rings is 1. The lowest BCUT2D eigenvalue weighted by molar-refractivity contribution is -0.114. The minimum Gasteiger partial charge on any atom is -0.326 e. The van der Waals surface area contributed by atoms with Crippen molar-refractivity contribution in [3.63, 3.8) is 0 Å². The van der Waals surface area contributed by atoms with Gasteiger partial charge in [0.2, 0.25) is 5.91 Å². The molecule has 6 nitrogen and oxygen atoms in total. The number of hydrogen-bond acceptors (Lipinski definition) is 5. The number of halogens is 1. The van der Waals surface area contributed by atoms with E-state index in [0.29, 0.717) is 5.69 Å². The molecular formula is C11H10BrN3O3S2. The third kappa shape index (κ3) is 3.78. The lowest BCUT2D eigenvalue weighted by Crippen LogP contribution is -2.13. The Morgan fingerprint density at radius 3 is 2.45 bits per heavy atom. The molecule has 1 aromatic carbocycles. The number of nitrogens with zero attached hydrogens (tertiary/aromatic N) is 1. The summed E-state index contributed by atoms with van der Waals surface area (Å²) in [4.78, 5) is 14.9. The number of amides is 1. The van der Waals surface area contributed by atoms with Crippen LogP contribution in [0.1, 0.15) is 6.92 Å². The third-order valence-corrected chi connectivity index (χ3v) is 5.06. The van der Waals surface area contributed by atoms with E-state index in [9.17, 15) is 13.2 Å². The summed E-state index contributed by atoms with van der Waals surface area (Å²) in [5.41, 5.74) is 0.536. The standard InChI is InChI=1S/C11H10BrN3O3S2/c1-7(16)14-8-2-4-9(5-3-8)20(17,18)15-11-13-6-10(12)19-11/h2-6H,1H3,(H,13,15)(H,14,16). The molecule has 0 unspecified atom stereocenters. The quantitative estimate of drug-likeness (QED) is 0.859. The van der Waals surface area contributed by atoms with Crippen LogP contribution in [-0.2, 0) is 14.8 Å². The molecule has 0 bridgehead atoms. The molecule has 0 spiro atoms. The topological polar surface area (TPSA) is 88.2 Å². The van der Waals surface area contributed by atoms with Crippen molar-refractivity contribution in [1.82, 2.24) is 4.98 Å². The summed E-state index contributed by atoms with van der Waals surface area (Å²) in [6.45, 7) is 1.38. The summed E-state index contributed by atoms with van der Waals surface area (Å²) >= 11 is 4.39. The van der Waals surface area contributed by atoms with E-state index in [-0.39, 0.29) is 15.9 Å². The predicted octanol–water partition coefficient (Wildman–Crippen LogP) is 2.66. The van der Waals surface area contributed by atoms with Crippen LogP contribution in [0.2, 0.25) is 0 Å². The molecular weight excluding hydrogens is 366 g/mol. The van der Waals surface area contributed by atoms with Gasteiger partial charge in [0.15, 0.2) is 5.13 Å². The maximum atomic E-state index is 12.1. The van der Waals surface area contributed by atoms with E-state index < -0.39 is 10.0 Å². The van der Waals surface area contributed by atoms with Crippen LogP contribution in [-0.4, -0.2) is 19.3 Å². The largest absolute Gasteiger partial charge is 0.326 e. The molecule has 9 heteroatoms. The molecule has 1 heterocycles. The van der Waals surface area contributed by atoms with Gasteiger partial charge in [0.05, 0.1) is 14.9 Å². The monoisotopic (exact) mass is 375 g/mol. The van der Waals surface area contributed by atoms with Gasteiger partial charge in [-0.3, -0.25) is 9.52 Å². The Hall–Kier alpha value is -1.45. The van der Waals surface area contributed by atoms with Crippen LogP contribution in [0.4, 0.5) is 10.8 Å². The number of hydrogen-bond donors (Lipinski definition) is 2. The van der Waals surface area contributed by atoms with Gasteiger partial charge in [0.1, 0.15) is 0 Å². The molecule has 106 valence electrons. The first-order valence-electron chi connectivity index (χ1n) is 5.38. The van der Waals surface area contributed by atoms with E-state index in [0.717, 1.165) is 3.79 Å². The Labute approximate surface area is 128 Å². The van der Waals surface area contributed by atoms with Gasteiger partial charge >= 0.3 is 0 Å². The Morgan fingerprint density at radius 1 is 1.30 bits per heavy atom. The van der Waals surface area contributed by atoms with Gasteiger partial charge < -0.3 is 5.32 Å². The maximum Gasteiger partial charge on any atom is 0.263 e. The lowest BCUT2D eigenvalue weighted by atomic mass is 10.3. The third-order valence-electron chi connectivity index (χ3n) is 2.18. The van der Waals surface area contributed by atoms with Crippen molar-refractivity contribution in [3.05, 3.63) is 34.2 Å². The Balaban J connectivity index is 2.19. The molecule has 0 aliphatic carbocycles. The molecule has 2 N–H and O–H groups in total. The second kappa shape index (κ2) is 5.90. The van der Waals surface area contributed by atoms with Crippen LogP contribution in [0.5, 0.6) is 0 Å². The normalized spacial score (nSPS) is 11.1. The molecule has 2 aromatic rings. The molecule has 0 aliphatic rings.